The van der Waals surface area contributed by atoms with Gasteiger partial charge in [-0.25, -0.2) is 0 Å². The quantitative estimate of drug-likeness (QED) is 0.913. The first-order valence-corrected chi connectivity index (χ1v) is 6.76. The first-order chi connectivity index (χ1) is 9.66. The molecule has 0 saturated heterocycles. The van der Waals surface area contributed by atoms with Gasteiger partial charge in [0.2, 0.25) is 0 Å². The lowest BCUT2D eigenvalue weighted by atomic mass is 10.1. The Balaban J connectivity index is 1.86. The van der Waals surface area contributed by atoms with E-state index in [-0.39, 0.29) is 18.6 Å². The maximum atomic E-state index is 11.8. The zero-order valence-electron chi connectivity index (χ0n) is 11.2. The van der Waals surface area contributed by atoms with Crippen LogP contribution in [0, 0.1) is 0 Å². The van der Waals surface area contributed by atoms with E-state index in [1.807, 2.05) is 49.4 Å². The Morgan fingerprint density at radius 3 is 2.50 bits per heavy atom. The lowest BCUT2D eigenvalue weighted by Gasteiger charge is -2.14. The fraction of sp³-hybridized carbons (Fsp3) is 0.188. The molecule has 0 aliphatic heterocycles. The Morgan fingerprint density at radius 2 is 1.80 bits per heavy atom. The fourth-order valence-corrected chi connectivity index (χ4v) is 2.00. The van der Waals surface area contributed by atoms with Crippen molar-refractivity contribution in [1.29, 1.82) is 0 Å². The van der Waals surface area contributed by atoms with Crippen molar-refractivity contribution in [2.75, 3.05) is 6.61 Å². The molecule has 2 rings (SSSR count). The van der Waals surface area contributed by atoms with Gasteiger partial charge in [0, 0.05) is 0 Å². The maximum Gasteiger partial charge on any atom is 0.258 e. The zero-order chi connectivity index (χ0) is 14.4. The van der Waals surface area contributed by atoms with Crippen LogP contribution in [0.3, 0.4) is 0 Å². The van der Waals surface area contributed by atoms with E-state index in [9.17, 15) is 4.79 Å². The monoisotopic (exact) mass is 289 g/mol. The average Bonchev–Trinajstić information content (AvgIpc) is 2.47. The van der Waals surface area contributed by atoms with Crippen LogP contribution in [-0.4, -0.2) is 12.5 Å². The van der Waals surface area contributed by atoms with Gasteiger partial charge in [0.25, 0.3) is 5.91 Å². The van der Waals surface area contributed by atoms with E-state index >= 15 is 0 Å². The van der Waals surface area contributed by atoms with E-state index in [0.29, 0.717) is 10.8 Å². The molecule has 0 saturated carbocycles. The fourth-order valence-electron chi connectivity index (χ4n) is 1.81. The minimum Gasteiger partial charge on any atom is -0.482 e. The zero-order valence-corrected chi connectivity index (χ0v) is 11.9. The van der Waals surface area contributed by atoms with Crippen LogP contribution >= 0.6 is 11.6 Å². The first-order valence-electron chi connectivity index (χ1n) is 6.38. The number of hydrogen-bond acceptors (Lipinski definition) is 2. The molecule has 0 radical (unpaired) electrons. The molecule has 0 unspecified atom stereocenters. The topological polar surface area (TPSA) is 38.3 Å². The van der Waals surface area contributed by atoms with E-state index in [1.54, 1.807) is 12.1 Å². The van der Waals surface area contributed by atoms with Crippen molar-refractivity contribution in [2.45, 2.75) is 13.0 Å². The van der Waals surface area contributed by atoms with Crippen molar-refractivity contribution in [3.05, 3.63) is 65.2 Å². The Morgan fingerprint density at radius 1 is 1.15 bits per heavy atom. The van der Waals surface area contributed by atoms with E-state index in [4.69, 9.17) is 16.3 Å². The molecule has 0 spiro atoms. The van der Waals surface area contributed by atoms with Crippen molar-refractivity contribution in [3.8, 4) is 5.75 Å². The van der Waals surface area contributed by atoms with Crippen molar-refractivity contribution in [3.63, 3.8) is 0 Å². The summed E-state index contributed by atoms with van der Waals surface area (Å²) in [5.74, 6) is 0.331. The second-order valence-electron chi connectivity index (χ2n) is 4.42. The van der Waals surface area contributed by atoms with Crippen molar-refractivity contribution in [2.24, 2.45) is 0 Å². The van der Waals surface area contributed by atoms with Gasteiger partial charge in [0.1, 0.15) is 5.75 Å². The smallest absolute Gasteiger partial charge is 0.258 e. The summed E-state index contributed by atoms with van der Waals surface area (Å²) in [4.78, 5) is 11.8. The first kappa shape index (κ1) is 14.4. The number of amides is 1. The summed E-state index contributed by atoms with van der Waals surface area (Å²) in [5, 5.41) is 3.38. The third-order valence-electron chi connectivity index (χ3n) is 2.87. The highest BCUT2D eigenvalue weighted by Gasteiger charge is 2.10. The molecule has 1 amide bonds. The number of ether oxygens (including phenoxy) is 1. The number of benzene rings is 2. The third kappa shape index (κ3) is 4.00. The molecule has 104 valence electrons. The average molecular weight is 290 g/mol. The molecule has 0 heterocycles. The van der Waals surface area contributed by atoms with Gasteiger partial charge in [-0.2, -0.15) is 0 Å². The summed E-state index contributed by atoms with van der Waals surface area (Å²) in [6.07, 6.45) is 0. The number of nitrogens with one attached hydrogen (secondary N) is 1. The second kappa shape index (κ2) is 6.96. The maximum absolute atomic E-state index is 11.8. The Hall–Kier alpha value is -2.00. The van der Waals surface area contributed by atoms with Crippen LogP contribution in [0.4, 0.5) is 0 Å². The van der Waals surface area contributed by atoms with Crippen molar-refractivity contribution >= 4 is 17.5 Å². The number of carbonyl (C=O) groups excluding carboxylic acids is 1. The van der Waals surface area contributed by atoms with E-state index < -0.39 is 0 Å². The van der Waals surface area contributed by atoms with Crippen LogP contribution < -0.4 is 10.1 Å². The van der Waals surface area contributed by atoms with Crippen LogP contribution in [0.1, 0.15) is 18.5 Å². The van der Waals surface area contributed by atoms with Crippen LogP contribution in [0.15, 0.2) is 54.6 Å². The van der Waals surface area contributed by atoms with Gasteiger partial charge in [0.15, 0.2) is 6.61 Å². The van der Waals surface area contributed by atoms with Crippen molar-refractivity contribution in [1.82, 2.24) is 5.32 Å². The van der Waals surface area contributed by atoms with Crippen molar-refractivity contribution < 1.29 is 9.53 Å². The number of hydrogen-bond donors (Lipinski definition) is 1. The summed E-state index contributed by atoms with van der Waals surface area (Å²) in [7, 11) is 0. The lowest BCUT2D eigenvalue weighted by molar-refractivity contribution is -0.123. The number of para-hydroxylation sites is 1. The van der Waals surface area contributed by atoms with Gasteiger partial charge in [-0.3, -0.25) is 4.79 Å². The number of halogens is 1. The highest BCUT2D eigenvalue weighted by atomic mass is 35.5. The normalized spacial score (nSPS) is 11.7. The molecule has 4 heteroatoms. The molecular formula is C16H16ClNO2. The Kier molecular flexibility index (Phi) is 5.02. The molecule has 2 aromatic rings. The third-order valence-corrected chi connectivity index (χ3v) is 3.18. The molecule has 20 heavy (non-hydrogen) atoms. The van der Waals surface area contributed by atoms with Gasteiger partial charge >= 0.3 is 0 Å². The van der Waals surface area contributed by atoms with Gasteiger partial charge in [-0.05, 0) is 24.6 Å². The van der Waals surface area contributed by atoms with E-state index in [2.05, 4.69) is 5.32 Å². The van der Waals surface area contributed by atoms with E-state index in [1.165, 1.54) is 0 Å². The van der Waals surface area contributed by atoms with Gasteiger partial charge in [-0.15, -0.1) is 0 Å². The number of rotatable bonds is 5. The molecule has 3 nitrogen and oxygen atoms in total. The van der Waals surface area contributed by atoms with Crippen LogP contribution in [0.5, 0.6) is 5.75 Å². The minimum absolute atomic E-state index is 0.0547. The molecule has 0 aromatic heterocycles. The SMILES string of the molecule is C[C@@H](NC(=O)COc1ccccc1Cl)c1ccccc1. The molecular weight excluding hydrogens is 274 g/mol. The van der Waals surface area contributed by atoms with Crippen LogP contribution in [0.25, 0.3) is 0 Å². The summed E-state index contributed by atoms with van der Waals surface area (Å²) in [5.41, 5.74) is 1.05. The standard InChI is InChI=1S/C16H16ClNO2/c1-12(13-7-3-2-4-8-13)18-16(19)11-20-15-10-6-5-9-14(15)17/h2-10,12H,11H2,1H3,(H,18,19)/t12-/m1/s1. The van der Waals surface area contributed by atoms with Crippen LogP contribution in [0.2, 0.25) is 5.02 Å². The summed E-state index contributed by atoms with van der Waals surface area (Å²) in [6, 6.07) is 16.8. The van der Waals surface area contributed by atoms with Crippen LogP contribution in [-0.2, 0) is 4.79 Å². The summed E-state index contributed by atoms with van der Waals surface area (Å²) < 4.78 is 5.39. The van der Waals surface area contributed by atoms with E-state index in [0.717, 1.165) is 5.56 Å². The Labute approximate surface area is 123 Å². The number of carbonyl (C=O) groups is 1. The predicted octanol–water partition coefficient (Wildman–Crippen LogP) is 3.60. The summed E-state index contributed by atoms with van der Waals surface area (Å²) in [6.45, 7) is 1.88. The molecule has 0 bridgehead atoms. The predicted molar refractivity (Wildman–Crippen MR) is 79.9 cm³/mol. The van der Waals surface area contributed by atoms with Gasteiger partial charge in [0.05, 0.1) is 11.1 Å². The highest BCUT2D eigenvalue weighted by Crippen LogP contribution is 2.22. The second-order valence-corrected chi connectivity index (χ2v) is 4.83. The largest absolute Gasteiger partial charge is 0.482 e. The lowest BCUT2D eigenvalue weighted by Crippen LogP contribution is -2.31. The molecule has 1 N–H and O–H groups in total. The minimum atomic E-state index is -0.179. The highest BCUT2D eigenvalue weighted by molar-refractivity contribution is 6.32. The molecule has 1 atom stereocenters. The molecule has 2 aromatic carbocycles. The molecule has 0 aliphatic rings. The van der Waals surface area contributed by atoms with Gasteiger partial charge in [-0.1, -0.05) is 54.1 Å². The van der Waals surface area contributed by atoms with Gasteiger partial charge < -0.3 is 10.1 Å². The summed E-state index contributed by atoms with van der Waals surface area (Å²) >= 11 is 5.95. The Bertz CT molecular complexity index is 572. The molecule has 0 fully saturated rings. The molecule has 0 aliphatic carbocycles.